The van der Waals surface area contributed by atoms with Crippen molar-refractivity contribution in [1.29, 1.82) is 0 Å². The topological polar surface area (TPSA) is 98.2 Å². The monoisotopic (exact) mass is 350 g/mol. The van der Waals surface area contributed by atoms with Crippen LogP contribution < -0.4 is 0 Å². The maximum atomic E-state index is 12.6. The van der Waals surface area contributed by atoms with Crippen LogP contribution in [-0.2, 0) is 10.0 Å². The molecule has 1 aliphatic heterocycles. The number of amides is 1. The van der Waals surface area contributed by atoms with Crippen molar-refractivity contribution in [2.24, 2.45) is 0 Å². The van der Waals surface area contributed by atoms with Crippen LogP contribution in [0.5, 0.6) is 11.5 Å². The summed E-state index contributed by atoms with van der Waals surface area (Å²) in [5.41, 5.74) is 0.140. The van der Waals surface area contributed by atoms with E-state index in [0.29, 0.717) is 10.8 Å². The number of hydrogen-bond acceptors (Lipinski definition) is 5. The van der Waals surface area contributed by atoms with Crippen LogP contribution in [0.25, 0.3) is 10.8 Å². The molecule has 0 aromatic heterocycles. The second kappa shape index (κ2) is 5.95. The van der Waals surface area contributed by atoms with Crippen molar-refractivity contribution in [1.82, 2.24) is 9.21 Å². The molecule has 0 spiro atoms. The second-order valence-corrected chi connectivity index (χ2v) is 7.84. The minimum absolute atomic E-state index is 0.0772. The van der Waals surface area contributed by atoms with Crippen LogP contribution in [0.4, 0.5) is 0 Å². The molecule has 128 valence electrons. The fourth-order valence-electron chi connectivity index (χ4n) is 2.84. The lowest BCUT2D eigenvalue weighted by Gasteiger charge is -2.33. The molecule has 0 bridgehead atoms. The molecule has 1 amide bonds. The highest BCUT2D eigenvalue weighted by Gasteiger charge is 2.27. The van der Waals surface area contributed by atoms with Gasteiger partial charge in [0.2, 0.25) is 10.0 Å². The molecule has 8 heteroatoms. The van der Waals surface area contributed by atoms with E-state index in [2.05, 4.69) is 0 Å². The van der Waals surface area contributed by atoms with Crippen molar-refractivity contribution in [3.05, 3.63) is 35.9 Å². The van der Waals surface area contributed by atoms with Crippen molar-refractivity contribution in [2.75, 3.05) is 32.4 Å². The lowest BCUT2D eigenvalue weighted by atomic mass is 10.0. The fourth-order valence-corrected chi connectivity index (χ4v) is 3.66. The number of rotatable bonds is 2. The van der Waals surface area contributed by atoms with Crippen LogP contribution in [-0.4, -0.2) is 66.2 Å². The van der Waals surface area contributed by atoms with Gasteiger partial charge in [-0.3, -0.25) is 4.79 Å². The third kappa shape index (κ3) is 3.15. The first-order valence-electron chi connectivity index (χ1n) is 7.46. The number of carbonyl (C=O) groups excluding carboxylic acids is 1. The summed E-state index contributed by atoms with van der Waals surface area (Å²) in [5.74, 6) is -0.414. The summed E-state index contributed by atoms with van der Waals surface area (Å²) >= 11 is 0. The fraction of sp³-hybridized carbons (Fsp3) is 0.312. The summed E-state index contributed by atoms with van der Waals surface area (Å²) in [5, 5.41) is 21.1. The zero-order valence-electron chi connectivity index (χ0n) is 13.1. The van der Waals surface area contributed by atoms with E-state index < -0.39 is 10.0 Å². The average molecular weight is 350 g/mol. The quantitative estimate of drug-likeness (QED) is 0.841. The first-order valence-corrected chi connectivity index (χ1v) is 9.31. The molecule has 1 heterocycles. The smallest absolute Gasteiger partial charge is 0.257 e. The van der Waals surface area contributed by atoms with E-state index in [1.807, 2.05) is 0 Å². The Kier molecular flexibility index (Phi) is 4.10. The summed E-state index contributed by atoms with van der Waals surface area (Å²) in [6.07, 6.45) is 1.14. The van der Waals surface area contributed by atoms with Crippen LogP contribution in [0, 0.1) is 0 Å². The highest BCUT2D eigenvalue weighted by Crippen LogP contribution is 2.28. The third-order valence-corrected chi connectivity index (χ3v) is 5.47. The number of aromatic hydroxyl groups is 2. The zero-order valence-corrected chi connectivity index (χ0v) is 14.0. The molecular formula is C16H18N2O5S. The van der Waals surface area contributed by atoms with Gasteiger partial charge in [0.1, 0.15) is 11.5 Å². The van der Waals surface area contributed by atoms with Gasteiger partial charge in [-0.1, -0.05) is 6.07 Å². The molecule has 2 aromatic rings. The number of carbonyl (C=O) groups is 1. The molecule has 2 aromatic carbocycles. The third-order valence-electron chi connectivity index (χ3n) is 4.16. The zero-order chi connectivity index (χ0) is 17.5. The minimum atomic E-state index is -3.26. The van der Waals surface area contributed by atoms with Crippen LogP contribution >= 0.6 is 0 Å². The summed E-state index contributed by atoms with van der Waals surface area (Å²) < 4.78 is 24.4. The lowest BCUT2D eigenvalue weighted by molar-refractivity contribution is 0.0695. The van der Waals surface area contributed by atoms with Crippen LogP contribution in [0.2, 0.25) is 0 Å². The Morgan fingerprint density at radius 2 is 1.67 bits per heavy atom. The first-order chi connectivity index (χ1) is 11.3. The van der Waals surface area contributed by atoms with Gasteiger partial charge in [-0.25, -0.2) is 8.42 Å². The maximum Gasteiger partial charge on any atom is 0.257 e. The van der Waals surface area contributed by atoms with Gasteiger partial charge in [0.15, 0.2) is 0 Å². The number of phenolic OH excluding ortho intramolecular Hbond substituents is 2. The lowest BCUT2D eigenvalue weighted by Crippen LogP contribution is -2.50. The van der Waals surface area contributed by atoms with Gasteiger partial charge in [0, 0.05) is 26.2 Å². The Labute approximate surface area is 139 Å². The number of phenols is 2. The van der Waals surface area contributed by atoms with E-state index >= 15 is 0 Å². The molecule has 7 nitrogen and oxygen atoms in total. The molecule has 1 saturated heterocycles. The second-order valence-electron chi connectivity index (χ2n) is 5.86. The van der Waals surface area contributed by atoms with Crippen LogP contribution in [0.15, 0.2) is 30.3 Å². The van der Waals surface area contributed by atoms with Gasteiger partial charge in [-0.2, -0.15) is 4.31 Å². The van der Waals surface area contributed by atoms with Gasteiger partial charge in [0.05, 0.1) is 11.8 Å². The van der Waals surface area contributed by atoms with Crippen molar-refractivity contribution in [2.45, 2.75) is 0 Å². The minimum Gasteiger partial charge on any atom is -0.508 e. The van der Waals surface area contributed by atoms with E-state index in [9.17, 15) is 23.4 Å². The number of benzene rings is 2. The molecule has 0 saturated carbocycles. The van der Waals surface area contributed by atoms with E-state index in [4.69, 9.17) is 0 Å². The summed E-state index contributed by atoms with van der Waals surface area (Å²) in [4.78, 5) is 14.2. The standard InChI is InChI=1S/C16H18N2O5S/c1-24(22,23)18-6-4-17(5-7-18)16(21)14-9-12-8-13(19)3-2-11(12)10-15(14)20/h2-3,8-10,19-20H,4-7H2,1H3. The molecule has 1 aliphatic rings. The number of hydrogen-bond donors (Lipinski definition) is 2. The normalized spacial score (nSPS) is 16.5. The van der Waals surface area contributed by atoms with E-state index in [1.165, 1.54) is 33.5 Å². The molecular weight excluding hydrogens is 332 g/mol. The number of nitrogens with zero attached hydrogens (tertiary/aromatic N) is 2. The Hall–Kier alpha value is -2.32. The predicted octanol–water partition coefficient (Wildman–Crippen LogP) is 0.968. The first kappa shape index (κ1) is 16.5. The van der Waals surface area contributed by atoms with Gasteiger partial charge in [-0.05, 0) is 35.0 Å². The van der Waals surface area contributed by atoms with Crippen LogP contribution in [0.3, 0.4) is 0 Å². The summed E-state index contributed by atoms with van der Waals surface area (Å²) in [6, 6.07) is 7.70. The summed E-state index contributed by atoms with van der Waals surface area (Å²) in [6.45, 7) is 1.01. The molecule has 0 aliphatic carbocycles. The molecule has 0 radical (unpaired) electrons. The Balaban J connectivity index is 1.85. The van der Waals surface area contributed by atoms with Gasteiger partial charge in [0.25, 0.3) is 5.91 Å². The Morgan fingerprint density at radius 3 is 2.29 bits per heavy atom. The van der Waals surface area contributed by atoms with Crippen molar-refractivity contribution < 1.29 is 23.4 Å². The maximum absolute atomic E-state index is 12.6. The Bertz CT molecular complexity index is 902. The highest BCUT2D eigenvalue weighted by molar-refractivity contribution is 7.88. The van der Waals surface area contributed by atoms with Crippen molar-refractivity contribution in [3.63, 3.8) is 0 Å². The van der Waals surface area contributed by atoms with Gasteiger partial charge >= 0.3 is 0 Å². The Morgan fingerprint density at radius 1 is 1.00 bits per heavy atom. The highest BCUT2D eigenvalue weighted by atomic mass is 32.2. The molecule has 3 rings (SSSR count). The van der Waals surface area contributed by atoms with Gasteiger partial charge < -0.3 is 15.1 Å². The number of fused-ring (bicyclic) bond motifs is 1. The van der Waals surface area contributed by atoms with E-state index in [0.717, 1.165) is 6.26 Å². The van der Waals surface area contributed by atoms with E-state index in [1.54, 1.807) is 6.07 Å². The number of sulfonamides is 1. The molecule has 2 N–H and O–H groups in total. The molecule has 0 unspecified atom stereocenters. The summed E-state index contributed by atoms with van der Waals surface area (Å²) in [7, 11) is -3.26. The number of piperazine rings is 1. The van der Waals surface area contributed by atoms with Gasteiger partial charge in [-0.15, -0.1) is 0 Å². The van der Waals surface area contributed by atoms with E-state index in [-0.39, 0.29) is 49.1 Å². The largest absolute Gasteiger partial charge is 0.508 e. The predicted molar refractivity (Wildman–Crippen MR) is 89.6 cm³/mol. The molecule has 1 fully saturated rings. The molecule has 0 atom stereocenters. The van der Waals surface area contributed by atoms with Crippen LogP contribution in [0.1, 0.15) is 10.4 Å². The van der Waals surface area contributed by atoms with Crippen molar-refractivity contribution >= 4 is 26.7 Å². The average Bonchev–Trinajstić information content (AvgIpc) is 2.53. The molecule has 24 heavy (non-hydrogen) atoms. The van der Waals surface area contributed by atoms with Crippen molar-refractivity contribution in [3.8, 4) is 11.5 Å². The SMILES string of the molecule is CS(=O)(=O)N1CCN(C(=O)c2cc3cc(O)ccc3cc2O)CC1.